The Kier molecular flexibility index (Phi) is 5.52. The fraction of sp³-hybridized carbons (Fsp3) is 0.625. The van der Waals surface area contributed by atoms with Gasteiger partial charge in [0, 0.05) is 12.6 Å². The van der Waals surface area contributed by atoms with E-state index in [0.717, 1.165) is 43.5 Å². The molecule has 0 heterocycles. The summed E-state index contributed by atoms with van der Waals surface area (Å²) in [6.07, 6.45) is 4.86. The second-order valence-electron chi connectivity index (χ2n) is 5.07. The van der Waals surface area contributed by atoms with E-state index in [9.17, 15) is 0 Å². The van der Waals surface area contributed by atoms with Gasteiger partial charge in [0.25, 0.3) is 0 Å². The third-order valence-electron chi connectivity index (χ3n) is 3.24. The first-order chi connectivity index (χ1) is 9.33. The lowest BCUT2D eigenvalue weighted by Crippen LogP contribution is -2.15. The maximum Gasteiger partial charge on any atom is 0.161 e. The molecular weight excluding hydrogens is 238 g/mol. The molecule has 2 rings (SSSR count). The summed E-state index contributed by atoms with van der Waals surface area (Å²) in [6.45, 7) is 6.52. The third kappa shape index (κ3) is 4.75. The Morgan fingerprint density at radius 1 is 1.16 bits per heavy atom. The number of ether oxygens (including phenoxy) is 2. The maximum atomic E-state index is 5.78. The molecule has 0 radical (unpaired) electrons. The van der Waals surface area contributed by atoms with Crippen molar-refractivity contribution in [2.75, 3.05) is 13.2 Å². The van der Waals surface area contributed by atoms with Crippen molar-refractivity contribution in [3.05, 3.63) is 23.8 Å². The molecule has 0 bridgehead atoms. The van der Waals surface area contributed by atoms with Gasteiger partial charge in [0.2, 0.25) is 0 Å². The second kappa shape index (κ2) is 7.39. The molecule has 3 nitrogen and oxygen atoms in total. The molecule has 0 amide bonds. The molecule has 0 saturated heterocycles. The molecule has 1 aliphatic carbocycles. The number of rotatable bonds is 9. The molecule has 1 aliphatic rings. The zero-order valence-electron chi connectivity index (χ0n) is 12.1. The average Bonchev–Trinajstić information content (AvgIpc) is 3.23. The van der Waals surface area contributed by atoms with E-state index >= 15 is 0 Å². The van der Waals surface area contributed by atoms with Crippen LogP contribution in [-0.4, -0.2) is 19.3 Å². The van der Waals surface area contributed by atoms with E-state index in [1.165, 1.54) is 18.4 Å². The van der Waals surface area contributed by atoms with Gasteiger partial charge in [-0.2, -0.15) is 0 Å². The van der Waals surface area contributed by atoms with Gasteiger partial charge in [-0.15, -0.1) is 0 Å². The zero-order chi connectivity index (χ0) is 13.5. The summed E-state index contributed by atoms with van der Waals surface area (Å²) >= 11 is 0. The van der Waals surface area contributed by atoms with Gasteiger partial charge >= 0.3 is 0 Å². The molecule has 0 aromatic heterocycles. The molecule has 0 aliphatic heterocycles. The first-order valence-corrected chi connectivity index (χ1v) is 7.45. The summed E-state index contributed by atoms with van der Waals surface area (Å²) in [6, 6.07) is 6.99. The molecule has 1 aromatic carbocycles. The van der Waals surface area contributed by atoms with E-state index < -0.39 is 0 Å². The van der Waals surface area contributed by atoms with Gasteiger partial charge in [-0.3, -0.25) is 0 Å². The predicted molar refractivity (Wildman–Crippen MR) is 77.9 cm³/mol. The Bertz CT molecular complexity index is 388. The minimum Gasteiger partial charge on any atom is -0.490 e. The quantitative estimate of drug-likeness (QED) is 0.692. The molecule has 0 atom stereocenters. The van der Waals surface area contributed by atoms with Gasteiger partial charge in [-0.05, 0) is 43.9 Å². The van der Waals surface area contributed by atoms with Crippen LogP contribution in [0.25, 0.3) is 0 Å². The van der Waals surface area contributed by atoms with E-state index in [1.807, 2.05) is 13.0 Å². The monoisotopic (exact) mass is 263 g/mol. The highest BCUT2D eigenvalue weighted by Gasteiger charge is 2.20. The lowest BCUT2D eigenvalue weighted by Gasteiger charge is -2.13. The first-order valence-electron chi connectivity index (χ1n) is 7.45. The normalized spacial score (nSPS) is 14.4. The Balaban J connectivity index is 1.95. The summed E-state index contributed by atoms with van der Waals surface area (Å²) in [5, 5.41) is 3.52. The molecule has 1 N–H and O–H groups in total. The Morgan fingerprint density at radius 2 is 2.00 bits per heavy atom. The predicted octanol–water partition coefficient (Wildman–Crippen LogP) is 3.52. The van der Waals surface area contributed by atoms with Crippen LogP contribution in [0.4, 0.5) is 0 Å². The van der Waals surface area contributed by atoms with Crippen LogP contribution >= 0.6 is 0 Å². The van der Waals surface area contributed by atoms with Gasteiger partial charge in [0.05, 0.1) is 13.2 Å². The fourth-order valence-corrected chi connectivity index (χ4v) is 1.93. The molecule has 1 aromatic rings. The third-order valence-corrected chi connectivity index (χ3v) is 3.24. The van der Waals surface area contributed by atoms with Crippen molar-refractivity contribution < 1.29 is 9.47 Å². The van der Waals surface area contributed by atoms with Crippen LogP contribution < -0.4 is 14.8 Å². The van der Waals surface area contributed by atoms with E-state index in [0.29, 0.717) is 6.61 Å². The summed E-state index contributed by atoms with van der Waals surface area (Å²) in [7, 11) is 0. The Hall–Kier alpha value is -1.22. The molecule has 19 heavy (non-hydrogen) atoms. The van der Waals surface area contributed by atoms with Crippen LogP contribution in [0, 0.1) is 0 Å². The molecule has 3 heteroatoms. The van der Waals surface area contributed by atoms with Gasteiger partial charge in [0.1, 0.15) is 0 Å². The van der Waals surface area contributed by atoms with Crippen LogP contribution in [0.3, 0.4) is 0 Å². The number of nitrogens with one attached hydrogen (secondary N) is 1. The van der Waals surface area contributed by atoms with E-state index in [4.69, 9.17) is 9.47 Å². The van der Waals surface area contributed by atoms with Gasteiger partial charge in [-0.25, -0.2) is 0 Å². The van der Waals surface area contributed by atoms with Crippen LogP contribution in [0.1, 0.15) is 45.1 Å². The first kappa shape index (κ1) is 14.2. The summed E-state index contributed by atoms with van der Waals surface area (Å²) in [5.41, 5.74) is 1.26. The summed E-state index contributed by atoms with van der Waals surface area (Å²) < 4.78 is 11.5. The van der Waals surface area contributed by atoms with Crippen molar-refractivity contribution in [3.63, 3.8) is 0 Å². The van der Waals surface area contributed by atoms with Crippen LogP contribution in [-0.2, 0) is 6.54 Å². The molecule has 1 fully saturated rings. The SMILES string of the molecule is CCCCOc1ccc(CNC2CC2)cc1OCC. The highest BCUT2D eigenvalue weighted by molar-refractivity contribution is 5.43. The van der Waals surface area contributed by atoms with Gasteiger partial charge < -0.3 is 14.8 Å². The van der Waals surface area contributed by atoms with Crippen molar-refractivity contribution in [1.82, 2.24) is 5.32 Å². The maximum absolute atomic E-state index is 5.78. The number of unbranched alkanes of at least 4 members (excludes halogenated alkanes) is 1. The van der Waals surface area contributed by atoms with Crippen molar-refractivity contribution in [2.24, 2.45) is 0 Å². The van der Waals surface area contributed by atoms with Crippen LogP contribution in [0.15, 0.2) is 18.2 Å². The summed E-state index contributed by atoms with van der Waals surface area (Å²) in [5.74, 6) is 1.74. The largest absolute Gasteiger partial charge is 0.490 e. The van der Waals surface area contributed by atoms with Gasteiger partial charge in [-0.1, -0.05) is 19.4 Å². The second-order valence-corrected chi connectivity index (χ2v) is 5.07. The van der Waals surface area contributed by atoms with Crippen LogP contribution in [0.5, 0.6) is 11.5 Å². The molecule has 106 valence electrons. The van der Waals surface area contributed by atoms with E-state index in [2.05, 4.69) is 24.4 Å². The van der Waals surface area contributed by atoms with Crippen molar-refractivity contribution in [3.8, 4) is 11.5 Å². The van der Waals surface area contributed by atoms with E-state index in [1.54, 1.807) is 0 Å². The van der Waals surface area contributed by atoms with Gasteiger partial charge in [0.15, 0.2) is 11.5 Å². The molecule has 0 spiro atoms. The average molecular weight is 263 g/mol. The lowest BCUT2D eigenvalue weighted by atomic mass is 10.2. The van der Waals surface area contributed by atoms with Crippen molar-refractivity contribution in [2.45, 2.75) is 52.1 Å². The Morgan fingerprint density at radius 3 is 2.68 bits per heavy atom. The molecular formula is C16H25NO2. The Labute approximate surface area is 116 Å². The lowest BCUT2D eigenvalue weighted by molar-refractivity contribution is 0.272. The molecule has 0 unspecified atom stereocenters. The smallest absolute Gasteiger partial charge is 0.161 e. The summed E-state index contributed by atoms with van der Waals surface area (Å²) in [4.78, 5) is 0. The van der Waals surface area contributed by atoms with Crippen LogP contribution in [0.2, 0.25) is 0 Å². The minimum atomic E-state index is 0.670. The minimum absolute atomic E-state index is 0.670. The van der Waals surface area contributed by atoms with Crippen molar-refractivity contribution >= 4 is 0 Å². The fourth-order valence-electron chi connectivity index (χ4n) is 1.93. The van der Waals surface area contributed by atoms with Crippen molar-refractivity contribution in [1.29, 1.82) is 0 Å². The number of hydrogen-bond acceptors (Lipinski definition) is 3. The topological polar surface area (TPSA) is 30.5 Å². The standard InChI is InChI=1S/C16H25NO2/c1-3-5-10-19-15-9-6-13(11-16(15)18-4-2)12-17-14-7-8-14/h6,9,11,14,17H,3-5,7-8,10,12H2,1-2H3. The molecule has 1 saturated carbocycles. The van der Waals surface area contributed by atoms with E-state index in [-0.39, 0.29) is 0 Å². The highest BCUT2D eigenvalue weighted by atomic mass is 16.5. The zero-order valence-corrected chi connectivity index (χ0v) is 12.1. The number of hydrogen-bond donors (Lipinski definition) is 1. The highest BCUT2D eigenvalue weighted by Crippen LogP contribution is 2.29. The number of benzene rings is 1.